The Kier molecular flexibility index (Phi) is 5.39. The molecule has 1 fully saturated rings. The molecule has 1 N–H and O–H groups in total. The van der Waals surface area contributed by atoms with Crippen molar-refractivity contribution in [2.45, 2.75) is 52.0 Å². The first-order valence-electron chi connectivity index (χ1n) is 7.69. The van der Waals surface area contributed by atoms with E-state index in [2.05, 4.69) is 23.3 Å². The Morgan fingerprint density at radius 2 is 2.30 bits per heavy atom. The molecular weight excluding hydrogens is 250 g/mol. The molecule has 1 aliphatic rings. The van der Waals surface area contributed by atoms with Crippen molar-refractivity contribution < 1.29 is 4.79 Å². The van der Waals surface area contributed by atoms with E-state index in [0.717, 1.165) is 43.7 Å². The monoisotopic (exact) mass is 275 g/mol. The zero-order valence-electron chi connectivity index (χ0n) is 12.6. The van der Waals surface area contributed by atoms with Crippen LogP contribution in [-0.4, -0.2) is 28.9 Å². The minimum absolute atomic E-state index is 0.167. The summed E-state index contributed by atoms with van der Waals surface area (Å²) in [6.45, 7) is 5.67. The normalized spacial score (nSPS) is 18.9. The van der Waals surface area contributed by atoms with Crippen molar-refractivity contribution in [3.05, 3.63) is 23.9 Å². The van der Waals surface area contributed by atoms with Crippen LogP contribution in [0, 0.1) is 0 Å². The summed E-state index contributed by atoms with van der Waals surface area (Å²) < 4.78 is 0. The van der Waals surface area contributed by atoms with Gasteiger partial charge in [0.2, 0.25) is 5.91 Å². The maximum Gasteiger partial charge on any atom is 0.219 e. The summed E-state index contributed by atoms with van der Waals surface area (Å²) in [6.07, 6.45) is 7.60. The lowest BCUT2D eigenvalue weighted by molar-refractivity contribution is -0.132. The Bertz CT molecular complexity index is 430. The van der Waals surface area contributed by atoms with Gasteiger partial charge in [-0.25, -0.2) is 4.98 Å². The molecule has 1 aromatic rings. The molecule has 4 nitrogen and oxygen atoms in total. The molecule has 1 unspecified atom stereocenters. The first-order valence-corrected chi connectivity index (χ1v) is 7.69. The molecule has 4 heteroatoms. The molecule has 2 rings (SSSR count). The number of hydrogen-bond acceptors (Lipinski definition) is 3. The number of aromatic nitrogens is 1. The number of carbonyl (C=O) groups is 1. The smallest absolute Gasteiger partial charge is 0.219 e. The van der Waals surface area contributed by atoms with Crippen LogP contribution in [0.1, 0.15) is 57.6 Å². The molecule has 0 spiro atoms. The van der Waals surface area contributed by atoms with Crippen LogP contribution < -0.4 is 5.32 Å². The predicted octanol–water partition coefficient (Wildman–Crippen LogP) is 3.37. The van der Waals surface area contributed by atoms with Gasteiger partial charge in [0.1, 0.15) is 5.82 Å². The second kappa shape index (κ2) is 7.27. The molecule has 20 heavy (non-hydrogen) atoms. The number of nitrogens with one attached hydrogen (secondary N) is 1. The van der Waals surface area contributed by atoms with Crippen molar-refractivity contribution in [3.63, 3.8) is 0 Å². The quantitative estimate of drug-likeness (QED) is 0.838. The fourth-order valence-electron chi connectivity index (χ4n) is 2.76. The van der Waals surface area contributed by atoms with Crippen LogP contribution in [-0.2, 0) is 4.79 Å². The summed E-state index contributed by atoms with van der Waals surface area (Å²) >= 11 is 0. The Hall–Kier alpha value is -1.58. The molecule has 1 atom stereocenters. The lowest BCUT2D eigenvalue weighted by Gasteiger charge is -2.35. The minimum atomic E-state index is 0.167. The van der Waals surface area contributed by atoms with Crippen molar-refractivity contribution >= 4 is 11.7 Å². The maximum absolute atomic E-state index is 11.7. The fraction of sp³-hybridized carbons (Fsp3) is 0.625. The number of anilines is 1. The second-order valence-corrected chi connectivity index (χ2v) is 5.48. The number of hydrogen-bond donors (Lipinski definition) is 1. The van der Waals surface area contributed by atoms with Crippen LogP contribution >= 0.6 is 0 Å². The first-order chi connectivity index (χ1) is 9.72. The van der Waals surface area contributed by atoms with Crippen molar-refractivity contribution in [1.82, 2.24) is 9.88 Å². The van der Waals surface area contributed by atoms with Gasteiger partial charge >= 0.3 is 0 Å². The third kappa shape index (κ3) is 3.71. The van der Waals surface area contributed by atoms with Gasteiger partial charge in [-0.1, -0.05) is 19.4 Å². The van der Waals surface area contributed by atoms with Crippen LogP contribution in [0.25, 0.3) is 0 Å². The molecule has 1 aliphatic heterocycles. The number of nitrogens with zero attached hydrogens (tertiary/aromatic N) is 2. The number of piperidine rings is 1. The van der Waals surface area contributed by atoms with Crippen LogP contribution in [0.3, 0.4) is 0 Å². The SMILES string of the molecule is CCCCNc1ccc(C2CCCCN2C(C)=O)cn1. The third-order valence-corrected chi connectivity index (χ3v) is 3.91. The molecule has 1 amide bonds. The number of likely N-dealkylation sites (tertiary alicyclic amines) is 1. The Labute approximate surface area is 121 Å². The maximum atomic E-state index is 11.7. The van der Waals surface area contributed by atoms with E-state index in [-0.39, 0.29) is 11.9 Å². The number of carbonyl (C=O) groups excluding carboxylic acids is 1. The van der Waals surface area contributed by atoms with E-state index in [4.69, 9.17) is 0 Å². The van der Waals surface area contributed by atoms with E-state index in [0.29, 0.717) is 0 Å². The lowest BCUT2D eigenvalue weighted by Crippen LogP contribution is -2.36. The number of amides is 1. The van der Waals surface area contributed by atoms with Crippen molar-refractivity contribution in [1.29, 1.82) is 0 Å². The van der Waals surface area contributed by atoms with Gasteiger partial charge in [0.25, 0.3) is 0 Å². The molecule has 0 bridgehead atoms. The average Bonchev–Trinajstić information content (AvgIpc) is 2.48. The summed E-state index contributed by atoms with van der Waals surface area (Å²) in [6, 6.07) is 4.34. The van der Waals surface area contributed by atoms with Crippen molar-refractivity contribution in [3.8, 4) is 0 Å². The van der Waals surface area contributed by atoms with Gasteiger partial charge in [0.15, 0.2) is 0 Å². The Balaban J connectivity index is 2.02. The molecular formula is C16H25N3O. The average molecular weight is 275 g/mol. The molecule has 0 aromatic carbocycles. The van der Waals surface area contributed by atoms with Crippen molar-refractivity contribution in [2.24, 2.45) is 0 Å². The minimum Gasteiger partial charge on any atom is -0.370 e. The second-order valence-electron chi connectivity index (χ2n) is 5.48. The number of unbranched alkanes of at least 4 members (excludes halogenated alkanes) is 1. The highest BCUT2D eigenvalue weighted by Crippen LogP contribution is 2.30. The molecule has 2 heterocycles. The molecule has 0 saturated carbocycles. The molecule has 110 valence electrons. The van der Waals surface area contributed by atoms with Gasteiger partial charge in [0, 0.05) is 26.2 Å². The van der Waals surface area contributed by atoms with Crippen LogP contribution in [0.15, 0.2) is 18.3 Å². The summed E-state index contributed by atoms with van der Waals surface area (Å²) in [5.41, 5.74) is 1.15. The summed E-state index contributed by atoms with van der Waals surface area (Å²) in [7, 11) is 0. The van der Waals surface area contributed by atoms with E-state index < -0.39 is 0 Å². The van der Waals surface area contributed by atoms with Gasteiger partial charge in [-0.2, -0.15) is 0 Å². The Morgan fingerprint density at radius 1 is 1.45 bits per heavy atom. The highest BCUT2D eigenvalue weighted by atomic mass is 16.2. The van der Waals surface area contributed by atoms with Gasteiger partial charge in [-0.15, -0.1) is 0 Å². The fourth-order valence-corrected chi connectivity index (χ4v) is 2.76. The van der Waals surface area contributed by atoms with E-state index in [1.165, 1.54) is 12.8 Å². The molecule has 0 aliphatic carbocycles. The lowest BCUT2D eigenvalue weighted by atomic mass is 9.96. The van der Waals surface area contributed by atoms with Gasteiger partial charge < -0.3 is 10.2 Å². The molecule has 0 radical (unpaired) electrons. The molecule has 1 aromatic heterocycles. The van der Waals surface area contributed by atoms with Gasteiger partial charge in [-0.05, 0) is 37.3 Å². The van der Waals surface area contributed by atoms with E-state index in [1.54, 1.807) is 6.92 Å². The summed E-state index contributed by atoms with van der Waals surface area (Å²) in [4.78, 5) is 18.2. The topological polar surface area (TPSA) is 45.2 Å². The first kappa shape index (κ1) is 14.8. The van der Waals surface area contributed by atoms with Crippen LogP contribution in [0.4, 0.5) is 5.82 Å². The largest absolute Gasteiger partial charge is 0.370 e. The number of rotatable bonds is 5. The Morgan fingerprint density at radius 3 is 2.95 bits per heavy atom. The highest BCUT2D eigenvalue weighted by Gasteiger charge is 2.25. The number of pyridine rings is 1. The zero-order valence-corrected chi connectivity index (χ0v) is 12.6. The summed E-state index contributed by atoms with van der Waals surface area (Å²) in [5.74, 6) is 1.09. The zero-order chi connectivity index (χ0) is 14.4. The third-order valence-electron chi connectivity index (χ3n) is 3.91. The standard InChI is InChI=1S/C16H25N3O/c1-3-4-10-17-16-9-8-14(12-18-16)15-7-5-6-11-19(15)13(2)20/h8-9,12,15H,3-7,10-11H2,1-2H3,(H,17,18). The summed E-state index contributed by atoms with van der Waals surface area (Å²) in [5, 5.41) is 3.32. The van der Waals surface area contributed by atoms with E-state index >= 15 is 0 Å². The van der Waals surface area contributed by atoms with E-state index in [9.17, 15) is 4.79 Å². The van der Waals surface area contributed by atoms with Gasteiger partial charge in [0.05, 0.1) is 6.04 Å². The predicted molar refractivity (Wildman–Crippen MR) is 81.6 cm³/mol. The van der Waals surface area contributed by atoms with Gasteiger partial charge in [-0.3, -0.25) is 4.79 Å². The highest BCUT2D eigenvalue weighted by molar-refractivity contribution is 5.74. The van der Waals surface area contributed by atoms with E-state index in [1.807, 2.05) is 17.2 Å². The van der Waals surface area contributed by atoms with Crippen LogP contribution in [0.5, 0.6) is 0 Å². The van der Waals surface area contributed by atoms with Crippen molar-refractivity contribution in [2.75, 3.05) is 18.4 Å². The van der Waals surface area contributed by atoms with Crippen LogP contribution in [0.2, 0.25) is 0 Å². The molecule has 1 saturated heterocycles.